The van der Waals surface area contributed by atoms with Crippen molar-refractivity contribution in [1.82, 2.24) is 5.16 Å². The van der Waals surface area contributed by atoms with E-state index in [1.54, 1.807) is 38.1 Å². The lowest BCUT2D eigenvalue weighted by Crippen LogP contribution is -2.16. The Kier molecular flexibility index (Phi) is 5.51. The zero-order valence-electron chi connectivity index (χ0n) is 15.8. The molecular weight excluding hydrogens is 378 g/mol. The number of benzene rings is 2. The molecule has 0 fully saturated rings. The number of aromatic nitrogens is 1. The third-order valence-electron chi connectivity index (χ3n) is 4.21. The molecule has 1 amide bonds. The first-order chi connectivity index (χ1) is 13.3. The largest absolute Gasteiger partial charge is 0.350 e. The number of rotatable bonds is 6. The zero-order chi connectivity index (χ0) is 20.3. The van der Waals surface area contributed by atoms with E-state index in [4.69, 9.17) is 4.52 Å². The third-order valence-corrected chi connectivity index (χ3v) is 5.50. The number of nitrogens with zero attached hydrogens (tertiary/aromatic N) is 1. The molecule has 0 aliphatic carbocycles. The first-order valence-electron chi connectivity index (χ1n) is 8.73. The van der Waals surface area contributed by atoms with E-state index in [9.17, 15) is 13.2 Å². The molecule has 0 bridgehead atoms. The van der Waals surface area contributed by atoms with Crippen LogP contribution in [0.2, 0.25) is 0 Å². The number of hydrogen-bond donors (Lipinski definition) is 2. The maximum atomic E-state index is 12.4. The molecule has 8 heteroatoms. The number of carbonyl (C=O) groups excluding carboxylic acids is 1. The van der Waals surface area contributed by atoms with Crippen molar-refractivity contribution in [1.29, 1.82) is 0 Å². The van der Waals surface area contributed by atoms with Gasteiger partial charge in [-0.3, -0.25) is 9.52 Å². The molecule has 28 heavy (non-hydrogen) atoms. The molecule has 1 aromatic heterocycles. The van der Waals surface area contributed by atoms with Gasteiger partial charge in [0.1, 0.15) is 5.69 Å². The molecule has 0 saturated carbocycles. The Morgan fingerprint density at radius 3 is 2.43 bits per heavy atom. The van der Waals surface area contributed by atoms with Crippen molar-refractivity contribution in [3.63, 3.8) is 0 Å². The highest BCUT2D eigenvalue weighted by Crippen LogP contribution is 2.23. The van der Waals surface area contributed by atoms with Crippen LogP contribution in [0, 0.1) is 13.8 Å². The van der Waals surface area contributed by atoms with Crippen LogP contribution in [-0.2, 0) is 10.0 Å². The van der Waals surface area contributed by atoms with E-state index in [1.807, 2.05) is 31.2 Å². The van der Waals surface area contributed by atoms with Crippen molar-refractivity contribution in [2.24, 2.45) is 0 Å². The van der Waals surface area contributed by atoms with Crippen LogP contribution < -0.4 is 10.0 Å². The Morgan fingerprint density at radius 1 is 1.07 bits per heavy atom. The van der Waals surface area contributed by atoms with Crippen LogP contribution in [0.3, 0.4) is 0 Å². The van der Waals surface area contributed by atoms with Crippen molar-refractivity contribution < 1.29 is 17.7 Å². The molecule has 3 aromatic rings. The van der Waals surface area contributed by atoms with Crippen LogP contribution in [0.25, 0.3) is 11.3 Å². The highest BCUT2D eigenvalue weighted by Gasteiger charge is 2.15. The summed E-state index contributed by atoms with van der Waals surface area (Å²) in [6.45, 7) is 5.31. The SMILES string of the molecule is CCS(=O)(=O)Nc1ccc(NC(=O)c2cc(-c3ccc(C)cc3)no2)cc1C. The van der Waals surface area contributed by atoms with Gasteiger partial charge in [0.25, 0.3) is 5.91 Å². The van der Waals surface area contributed by atoms with Crippen LogP contribution in [0.15, 0.2) is 53.1 Å². The van der Waals surface area contributed by atoms with Crippen molar-refractivity contribution in [3.8, 4) is 11.3 Å². The summed E-state index contributed by atoms with van der Waals surface area (Å²) >= 11 is 0. The van der Waals surface area contributed by atoms with E-state index < -0.39 is 15.9 Å². The predicted octanol–water partition coefficient (Wildman–Crippen LogP) is 3.97. The fraction of sp³-hybridized carbons (Fsp3) is 0.200. The average Bonchev–Trinajstić information content (AvgIpc) is 3.15. The molecule has 146 valence electrons. The molecule has 2 N–H and O–H groups in total. The second-order valence-corrected chi connectivity index (χ2v) is 8.44. The van der Waals surface area contributed by atoms with Gasteiger partial charge in [-0.2, -0.15) is 0 Å². The van der Waals surface area contributed by atoms with Crippen molar-refractivity contribution >= 4 is 27.3 Å². The molecule has 3 rings (SSSR count). The van der Waals surface area contributed by atoms with E-state index in [-0.39, 0.29) is 11.5 Å². The summed E-state index contributed by atoms with van der Waals surface area (Å²) in [5, 5.41) is 6.67. The van der Waals surface area contributed by atoms with Crippen molar-refractivity contribution in [3.05, 3.63) is 65.4 Å². The first kappa shape index (κ1) is 19.6. The summed E-state index contributed by atoms with van der Waals surface area (Å²) in [6, 6.07) is 14.2. The van der Waals surface area contributed by atoms with E-state index in [2.05, 4.69) is 15.2 Å². The molecule has 0 aliphatic heterocycles. The summed E-state index contributed by atoms with van der Waals surface area (Å²) in [5.74, 6) is -0.365. The van der Waals surface area contributed by atoms with Gasteiger partial charge in [-0.25, -0.2) is 8.42 Å². The fourth-order valence-electron chi connectivity index (χ4n) is 2.53. The molecule has 0 saturated heterocycles. The highest BCUT2D eigenvalue weighted by molar-refractivity contribution is 7.92. The number of carbonyl (C=O) groups is 1. The minimum Gasteiger partial charge on any atom is -0.350 e. The highest BCUT2D eigenvalue weighted by atomic mass is 32.2. The molecule has 2 aromatic carbocycles. The Hall–Kier alpha value is -3.13. The Balaban J connectivity index is 1.73. The number of aryl methyl sites for hydroxylation is 2. The predicted molar refractivity (Wildman–Crippen MR) is 109 cm³/mol. The smallest absolute Gasteiger partial charge is 0.294 e. The Labute approximate surface area is 163 Å². The Morgan fingerprint density at radius 2 is 1.79 bits per heavy atom. The average molecular weight is 399 g/mol. The zero-order valence-corrected chi connectivity index (χ0v) is 16.6. The third kappa shape index (κ3) is 4.58. The molecule has 0 atom stereocenters. The number of nitrogens with one attached hydrogen (secondary N) is 2. The lowest BCUT2D eigenvalue weighted by atomic mass is 10.1. The van der Waals surface area contributed by atoms with Crippen LogP contribution in [0.4, 0.5) is 11.4 Å². The number of anilines is 2. The van der Waals surface area contributed by atoms with Gasteiger partial charge in [0.05, 0.1) is 11.4 Å². The molecule has 1 heterocycles. The molecule has 0 radical (unpaired) electrons. The van der Waals surface area contributed by atoms with E-state index in [0.717, 1.165) is 11.1 Å². The maximum Gasteiger partial charge on any atom is 0.294 e. The summed E-state index contributed by atoms with van der Waals surface area (Å²) in [4.78, 5) is 12.4. The second-order valence-electron chi connectivity index (χ2n) is 6.43. The van der Waals surface area contributed by atoms with Crippen LogP contribution in [0.5, 0.6) is 0 Å². The molecule has 0 spiro atoms. The van der Waals surface area contributed by atoms with Crippen LogP contribution >= 0.6 is 0 Å². The van der Waals surface area contributed by atoms with Gasteiger partial charge in [-0.15, -0.1) is 0 Å². The first-order valence-corrected chi connectivity index (χ1v) is 10.4. The second kappa shape index (κ2) is 7.85. The normalized spacial score (nSPS) is 11.2. The summed E-state index contributed by atoms with van der Waals surface area (Å²) in [5.41, 5.74) is 4.25. The number of hydrogen-bond acceptors (Lipinski definition) is 5. The van der Waals surface area contributed by atoms with E-state index in [1.165, 1.54) is 0 Å². The van der Waals surface area contributed by atoms with Gasteiger partial charge in [0.15, 0.2) is 0 Å². The van der Waals surface area contributed by atoms with Crippen molar-refractivity contribution in [2.45, 2.75) is 20.8 Å². The lowest BCUT2D eigenvalue weighted by Gasteiger charge is -2.11. The minimum atomic E-state index is -3.36. The summed E-state index contributed by atoms with van der Waals surface area (Å²) in [6.07, 6.45) is 0. The number of amides is 1. The minimum absolute atomic E-state index is 0.0141. The Bertz CT molecular complexity index is 1100. The molecular formula is C20H21N3O4S. The fourth-order valence-corrected chi connectivity index (χ4v) is 3.24. The quantitative estimate of drug-likeness (QED) is 0.653. The van der Waals surface area contributed by atoms with E-state index >= 15 is 0 Å². The maximum absolute atomic E-state index is 12.4. The summed E-state index contributed by atoms with van der Waals surface area (Å²) < 4.78 is 31.1. The van der Waals surface area contributed by atoms with Gasteiger partial charge in [0, 0.05) is 17.3 Å². The lowest BCUT2D eigenvalue weighted by molar-refractivity contribution is 0.0988. The van der Waals surface area contributed by atoms with Gasteiger partial charge in [0.2, 0.25) is 15.8 Å². The van der Waals surface area contributed by atoms with Gasteiger partial charge in [-0.1, -0.05) is 35.0 Å². The topological polar surface area (TPSA) is 101 Å². The van der Waals surface area contributed by atoms with Crippen LogP contribution in [0.1, 0.15) is 28.6 Å². The standard InChI is InChI=1S/C20H21N3O4S/c1-4-28(25,26)23-17-10-9-16(11-14(17)3)21-20(24)19-12-18(22-27-19)15-7-5-13(2)6-8-15/h5-12,23H,4H2,1-3H3,(H,21,24). The molecule has 0 aliphatic rings. The van der Waals surface area contributed by atoms with Gasteiger partial charge in [-0.05, 0) is 44.5 Å². The van der Waals surface area contributed by atoms with E-state index in [0.29, 0.717) is 22.6 Å². The van der Waals surface area contributed by atoms with Gasteiger partial charge >= 0.3 is 0 Å². The van der Waals surface area contributed by atoms with Gasteiger partial charge < -0.3 is 9.84 Å². The number of sulfonamides is 1. The summed E-state index contributed by atoms with van der Waals surface area (Å²) in [7, 11) is -3.36. The monoisotopic (exact) mass is 399 g/mol. The van der Waals surface area contributed by atoms with Crippen molar-refractivity contribution in [2.75, 3.05) is 15.8 Å². The molecule has 7 nitrogen and oxygen atoms in total. The molecule has 0 unspecified atom stereocenters. The van der Waals surface area contributed by atoms with Crippen LogP contribution in [-0.4, -0.2) is 25.2 Å².